The van der Waals surface area contributed by atoms with Crippen molar-refractivity contribution in [2.24, 2.45) is 0 Å². The first-order chi connectivity index (χ1) is 13.1. The van der Waals surface area contributed by atoms with E-state index in [1.807, 2.05) is 19.1 Å². The van der Waals surface area contributed by atoms with Gasteiger partial charge in [-0.25, -0.2) is 4.39 Å². The molecule has 7 nitrogen and oxygen atoms in total. The molecule has 1 aromatic carbocycles. The van der Waals surface area contributed by atoms with E-state index in [0.717, 1.165) is 32.0 Å². The van der Waals surface area contributed by atoms with E-state index in [0.29, 0.717) is 22.8 Å². The second-order valence-electron chi connectivity index (χ2n) is 6.70. The Kier molecular flexibility index (Phi) is 4.81. The molecule has 1 atom stereocenters. The maximum absolute atomic E-state index is 13.8. The molecule has 0 radical (unpaired) electrons. The van der Waals surface area contributed by atoms with Gasteiger partial charge in [0, 0.05) is 37.9 Å². The Balaban J connectivity index is 1.42. The minimum Gasteiger partial charge on any atom is -0.353 e. The maximum atomic E-state index is 13.8. The first kappa shape index (κ1) is 17.5. The number of nitrogens with zero attached hydrogens (tertiary/aromatic N) is 6. The monoisotopic (exact) mass is 368 g/mol. The molecule has 140 valence electrons. The van der Waals surface area contributed by atoms with E-state index in [9.17, 15) is 4.39 Å². The highest BCUT2D eigenvalue weighted by molar-refractivity contribution is 5.55. The van der Waals surface area contributed by atoms with Gasteiger partial charge in [0.2, 0.25) is 11.7 Å². The first-order valence-corrected chi connectivity index (χ1v) is 8.98. The van der Waals surface area contributed by atoms with Gasteiger partial charge in [0.15, 0.2) is 5.82 Å². The highest BCUT2D eigenvalue weighted by Crippen LogP contribution is 2.25. The Morgan fingerprint density at radius 2 is 1.96 bits per heavy atom. The van der Waals surface area contributed by atoms with E-state index in [2.05, 4.69) is 30.1 Å². The van der Waals surface area contributed by atoms with Crippen LogP contribution in [0, 0.1) is 12.7 Å². The summed E-state index contributed by atoms with van der Waals surface area (Å²) in [5, 5.41) is 12.1. The molecular formula is C19H21FN6O. The van der Waals surface area contributed by atoms with Gasteiger partial charge in [0.05, 0.1) is 6.04 Å². The number of benzene rings is 1. The SMILES string of the molecule is Cc1ccc(-c2noc([C@@H](C)N3CCN(c4cccnn4)CC3)n2)cc1F. The lowest BCUT2D eigenvalue weighted by atomic mass is 10.1. The predicted octanol–water partition coefficient (Wildman–Crippen LogP) is 2.86. The van der Waals surface area contributed by atoms with Crippen molar-refractivity contribution in [2.75, 3.05) is 31.1 Å². The van der Waals surface area contributed by atoms with Crippen LogP contribution in [0.1, 0.15) is 24.4 Å². The van der Waals surface area contributed by atoms with Crippen molar-refractivity contribution < 1.29 is 8.91 Å². The van der Waals surface area contributed by atoms with Crippen LogP contribution in [0.25, 0.3) is 11.4 Å². The van der Waals surface area contributed by atoms with Gasteiger partial charge in [0.25, 0.3) is 0 Å². The van der Waals surface area contributed by atoms with E-state index in [-0.39, 0.29) is 11.9 Å². The normalized spacial score (nSPS) is 16.5. The third kappa shape index (κ3) is 3.66. The van der Waals surface area contributed by atoms with Gasteiger partial charge in [-0.1, -0.05) is 17.3 Å². The number of aromatic nitrogens is 4. The van der Waals surface area contributed by atoms with E-state index in [1.54, 1.807) is 25.3 Å². The second-order valence-corrected chi connectivity index (χ2v) is 6.70. The minimum atomic E-state index is -0.271. The van der Waals surface area contributed by atoms with E-state index >= 15 is 0 Å². The average Bonchev–Trinajstić information content (AvgIpc) is 3.20. The zero-order valence-corrected chi connectivity index (χ0v) is 15.3. The maximum Gasteiger partial charge on any atom is 0.244 e. The molecule has 1 aliphatic heterocycles. The van der Waals surface area contributed by atoms with Gasteiger partial charge < -0.3 is 9.42 Å². The molecule has 0 amide bonds. The molecular weight excluding hydrogens is 347 g/mol. The van der Waals surface area contributed by atoms with E-state index < -0.39 is 0 Å². The summed E-state index contributed by atoms with van der Waals surface area (Å²) in [5.41, 5.74) is 1.21. The Hall–Kier alpha value is -2.87. The Bertz CT molecular complexity index is 908. The summed E-state index contributed by atoms with van der Waals surface area (Å²) in [5.74, 6) is 1.58. The van der Waals surface area contributed by atoms with E-state index in [4.69, 9.17) is 4.52 Å². The molecule has 0 bridgehead atoms. The lowest BCUT2D eigenvalue weighted by Crippen LogP contribution is -2.47. The topological polar surface area (TPSA) is 71.2 Å². The molecule has 8 heteroatoms. The fourth-order valence-corrected chi connectivity index (χ4v) is 3.21. The van der Waals surface area contributed by atoms with Gasteiger partial charge in [0.1, 0.15) is 5.82 Å². The summed E-state index contributed by atoms with van der Waals surface area (Å²) in [4.78, 5) is 8.99. The van der Waals surface area contributed by atoms with Crippen molar-refractivity contribution in [3.05, 3.63) is 53.8 Å². The van der Waals surface area contributed by atoms with Crippen molar-refractivity contribution in [1.82, 2.24) is 25.2 Å². The molecule has 0 unspecified atom stereocenters. The third-order valence-electron chi connectivity index (χ3n) is 4.97. The van der Waals surface area contributed by atoms with Crippen LogP contribution >= 0.6 is 0 Å². The Morgan fingerprint density at radius 3 is 2.67 bits per heavy atom. The number of rotatable bonds is 4. The summed E-state index contributed by atoms with van der Waals surface area (Å²) < 4.78 is 19.2. The number of hydrogen-bond acceptors (Lipinski definition) is 7. The molecule has 4 rings (SSSR count). The van der Waals surface area contributed by atoms with Crippen LogP contribution < -0.4 is 4.90 Å². The van der Waals surface area contributed by atoms with Crippen LogP contribution in [0.2, 0.25) is 0 Å². The summed E-state index contributed by atoms with van der Waals surface area (Å²) in [6, 6.07) is 8.81. The fraction of sp³-hybridized carbons (Fsp3) is 0.368. The molecule has 0 N–H and O–H groups in total. The van der Waals surface area contributed by atoms with Crippen molar-refractivity contribution in [2.45, 2.75) is 19.9 Å². The standard InChI is InChI=1S/C19H21FN6O/c1-13-5-6-15(12-16(13)20)18-22-19(27-24-18)14(2)25-8-10-26(11-9-25)17-4-3-7-21-23-17/h3-7,12,14H,8-11H2,1-2H3/t14-/m1/s1. The van der Waals surface area contributed by atoms with Crippen molar-refractivity contribution in [1.29, 1.82) is 0 Å². The summed E-state index contributed by atoms with van der Waals surface area (Å²) in [6.07, 6.45) is 1.68. The van der Waals surface area contributed by atoms with Crippen molar-refractivity contribution in [3.8, 4) is 11.4 Å². The van der Waals surface area contributed by atoms with Crippen molar-refractivity contribution in [3.63, 3.8) is 0 Å². The van der Waals surface area contributed by atoms with Gasteiger partial charge in [-0.15, -0.1) is 5.10 Å². The highest BCUT2D eigenvalue weighted by Gasteiger charge is 2.26. The molecule has 0 spiro atoms. The van der Waals surface area contributed by atoms with Crippen LogP contribution in [0.3, 0.4) is 0 Å². The molecule has 2 aromatic heterocycles. The smallest absolute Gasteiger partial charge is 0.244 e. The quantitative estimate of drug-likeness (QED) is 0.701. The number of anilines is 1. The largest absolute Gasteiger partial charge is 0.353 e. The van der Waals surface area contributed by atoms with Crippen LogP contribution in [-0.4, -0.2) is 51.4 Å². The molecule has 3 heterocycles. The highest BCUT2D eigenvalue weighted by atomic mass is 19.1. The number of aryl methyl sites for hydroxylation is 1. The molecule has 1 saturated heterocycles. The molecule has 1 fully saturated rings. The van der Waals surface area contributed by atoms with Crippen LogP contribution in [0.4, 0.5) is 10.2 Å². The zero-order valence-electron chi connectivity index (χ0n) is 15.3. The van der Waals surface area contributed by atoms with Crippen LogP contribution in [-0.2, 0) is 0 Å². The van der Waals surface area contributed by atoms with Gasteiger partial charge in [-0.2, -0.15) is 10.1 Å². The molecule has 1 aliphatic rings. The van der Waals surface area contributed by atoms with E-state index in [1.165, 1.54) is 6.07 Å². The Labute approximate surface area is 156 Å². The third-order valence-corrected chi connectivity index (χ3v) is 4.97. The summed E-state index contributed by atoms with van der Waals surface area (Å²) in [7, 11) is 0. The number of hydrogen-bond donors (Lipinski definition) is 0. The molecule has 27 heavy (non-hydrogen) atoms. The fourth-order valence-electron chi connectivity index (χ4n) is 3.21. The predicted molar refractivity (Wildman–Crippen MR) is 98.7 cm³/mol. The molecule has 3 aromatic rings. The van der Waals surface area contributed by atoms with Crippen LogP contribution in [0.15, 0.2) is 41.1 Å². The molecule has 0 saturated carbocycles. The van der Waals surface area contributed by atoms with Gasteiger partial charge in [-0.3, -0.25) is 4.90 Å². The average molecular weight is 368 g/mol. The zero-order chi connectivity index (χ0) is 18.8. The van der Waals surface area contributed by atoms with Crippen LogP contribution in [0.5, 0.6) is 0 Å². The Morgan fingerprint density at radius 1 is 1.15 bits per heavy atom. The van der Waals surface area contributed by atoms with Gasteiger partial charge in [-0.05, 0) is 37.6 Å². The van der Waals surface area contributed by atoms with Crippen molar-refractivity contribution >= 4 is 5.82 Å². The summed E-state index contributed by atoms with van der Waals surface area (Å²) in [6.45, 7) is 7.19. The number of piperazine rings is 1. The first-order valence-electron chi connectivity index (χ1n) is 8.98. The lowest BCUT2D eigenvalue weighted by molar-refractivity contribution is 0.164. The lowest BCUT2D eigenvalue weighted by Gasteiger charge is -2.37. The van der Waals surface area contributed by atoms with Gasteiger partial charge >= 0.3 is 0 Å². The summed E-state index contributed by atoms with van der Waals surface area (Å²) >= 11 is 0. The second kappa shape index (κ2) is 7.40. The molecule has 0 aliphatic carbocycles. The number of halogens is 1. The minimum absolute atomic E-state index is 0.00875.